The van der Waals surface area contributed by atoms with Crippen molar-refractivity contribution in [1.29, 1.82) is 0 Å². The molecule has 0 saturated carbocycles. The first kappa shape index (κ1) is 11.8. The van der Waals surface area contributed by atoms with Crippen LogP contribution in [-0.4, -0.2) is 35.6 Å². The maximum absolute atomic E-state index is 10.6. The molecule has 2 rings (SSSR count). The number of anilines is 1. The van der Waals surface area contributed by atoms with Crippen molar-refractivity contribution in [2.24, 2.45) is 0 Å². The summed E-state index contributed by atoms with van der Waals surface area (Å²) in [5, 5.41) is 14.0. The summed E-state index contributed by atoms with van der Waals surface area (Å²) in [6.45, 7) is 6.66. The fourth-order valence-electron chi connectivity index (χ4n) is 2.11. The number of nitrogens with one attached hydrogen (secondary N) is 1. The van der Waals surface area contributed by atoms with Gasteiger partial charge in [-0.1, -0.05) is 0 Å². The van der Waals surface area contributed by atoms with Crippen LogP contribution in [0.4, 0.5) is 11.5 Å². The highest BCUT2D eigenvalue weighted by Gasteiger charge is 2.19. The van der Waals surface area contributed by atoms with Gasteiger partial charge < -0.3 is 10.2 Å². The Bertz CT molecular complexity index is 435. The Labute approximate surface area is 99.8 Å². The lowest BCUT2D eigenvalue weighted by Crippen LogP contribution is -2.49. The van der Waals surface area contributed by atoms with Crippen LogP contribution in [0.25, 0.3) is 0 Å². The molecule has 1 atom stereocenters. The SMILES string of the molecule is Cc1cc([N+](=O)[O-])cnc1N1CCN[C@@H](C)C1. The molecule has 1 saturated heterocycles. The fourth-order valence-corrected chi connectivity index (χ4v) is 2.11. The van der Waals surface area contributed by atoms with Crippen LogP contribution >= 0.6 is 0 Å². The van der Waals surface area contributed by atoms with Gasteiger partial charge in [0.25, 0.3) is 5.69 Å². The van der Waals surface area contributed by atoms with E-state index in [4.69, 9.17) is 0 Å². The molecule has 1 aromatic rings. The first-order chi connectivity index (χ1) is 8.08. The number of aromatic nitrogens is 1. The van der Waals surface area contributed by atoms with Gasteiger partial charge in [-0.3, -0.25) is 10.1 Å². The predicted molar refractivity (Wildman–Crippen MR) is 65.3 cm³/mol. The van der Waals surface area contributed by atoms with Crippen LogP contribution in [0.3, 0.4) is 0 Å². The Morgan fingerprint density at radius 2 is 2.41 bits per heavy atom. The van der Waals surface area contributed by atoms with Crippen molar-refractivity contribution in [2.75, 3.05) is 24.5 Å². The minimum atomic E-state index is -0.413. The molecular formula is C11H16N4O2. The number of piperazine rings is 1. The Kier molecular flexibility index (Phi) is 3.23. The summed E-state index contributed by atoms with van der Waals surface area (Å²) >= 11 is 0. The van der Waals surface area contributed by atoms with Crippen LogP contribution in [0.15, 0.2) is 12.3 Å². The lowest BCUT2D eigenvalue weighted by atomic mass is 10.2. The van der Waals surface area contributed by atoms with Crippen LogP contribution in [0.1, 0.15) is 12.5 Å². The molecule has 6 heteroatoms. The first-order valence-corrected chi connectivity index (χ1v) is 5.67. The van der Waals surface area contributed by atoms with Gasteiger partial charge in [0.05, 0.1) is 4.92 Å². The molecule has 6 nitrogen and oxygen atoms in total. The van der Waals surface area contributed by atoms with Crippen molar-refractivity contribution in [3.63, 3.8) is 0 Å². The van der Waals surface area contributed by atoms with E-state index in [0.29, 0.717) is 6.04 Å². The molecule has 0 radical (unpaired) electrons. The van der Waals surface area contributed by atoms with Gasteiger partial charge >= 0.3 is 0 Å². The normalized spacial score (nSPS) is 20.4. The van der Waals surface area contributed by atoms with Crippen molar-refractivity contribution < 1.29 is 4.92 Å². The van der Waals surface area contributed by atoms with E-state index in [0.717, 1.165) is 31.0 Å². The van der Waals surface area contributed by atoms with Crippen molar-refractivity contribution >= 4 is 11.5 Å². The van der Waals surface area contributed by atoms with E-state index >= 15 is 0 Å². The van der Waals surface area contributed by atoms with Gasteiger partial charge in [-0.05, 0) is 19.4 Å². The molecule has 1 aromatic heterocycles. The van der Waals surface area contributed by atoms with Crippen LogP contribution in [0, 0.1) is 17.0 Å². The molecule has 0 amide bonds. The average Bonchev–Trinajstić information content (AvgIpc) is 2.28. The first-order valence-electron chi connectivity index (χ1n) is 5.67. The summed E-state index contributed by atoms with van der Waals surface area (Å²) in [4.78, 5) is 16.6. The van der Waals surface area contributed by atoms with Crippen molar-refractivity contribution in [3.8, 4) is 0 Å². The molecule has 0 bridgehead atoms. The molecule has 1 aliphatic heterocycles. The Morgan fingerprint density at radius 1 is 1.65 bits per heavy atom. The third-order valence-corrected chi connectivity index (χ3v) is 2.92. The minimum Gasteiger partial charge on any atom is -0.354 e. The molecule has 17 heavy (non-hydrogen) atoms. The summed E-state index contributed by atoms with van der Waals surface area (Å²) in [7, 11) is 0. The number of rotatable bonds is 2. The zero-order valence-corrected chi connectivity index (χ0v) is 10.0. The standard InChI is InChI=1S/C11H16N4O2/c1-8-5-10(15(16)17)6-13-11(8)14-4-3-12-9(2)7-14/h5-6,9,12H,3-4,7H2,1-2H3/t9-/m0/s1. The lowest BCUT2D eigenvalue weighted by Gasteiger charge is -2.33. The van der Waals surface area contributed by atoms with Gasteiger partial charge in [-0.15, -0.1) is 0 Å². The summed E-state index contributed by atoms with van der Waals surface area (Å²) in [5.41, 5.74) is 0.905. The van der Waals surface area contributed by atoms with Gasteiger partial charge in [0.15, 0.2) is 0 Å². The summed E-state index contributed by atoms with van der Waals surface area (Å²) in [5.74, 6) is 0.851. The van der Waals surface area contributed by atoms with Gasteiger partial charge in [0.2, 0.25) is 0 Å². The number of nitrogens with zero attached hydrogens (tertiary/aromatic N) is 3. The quantitative estimate of drug-likeness (QED) is 0.615. The molecule has 0 unspecified atom stereocenters. The lowest BCUT2D eigenvalue weighted by molar-refractivity contribution is -0.385. The molecule has 0 spiro atoms. The number of aryl methyl sites for hydroxylation is 1. The third-order valence-electron chi connectivity index (χ3n) is 2.92. The van der Waals surface area contributed by atoms with Crippen LogP contribution in [0.5, 0.6) is 0 Å². The van der Waals surface area contributed by atoms with E-state index in [-0.39, 0.29) is 5.69 Å². The van der Waals surface area contributed by atoms with Crippen molar-refractivity contribution in [1.82, 2.24) is 10.3 Å². The predicted octanol–water partition coefficient (Wildman–Crippen LogP) is 1.10. The Balaban J connectivity index is 2.23. The van der Waals surface area contributed by atoms with Gasteiger partial charge in [-0.2, -0.15) is 0 Å². The summed E-state index contributed by atoms with van der Waals surface area (Å²) in [6, 6.07) is 2.00. The van der Waals surface area contributed by atoms with Gasteiger partial charge in [0, 0.05) is 31.7 Å². The van der Waals surface area contributed by atoms with E-state index in [2.05, 4.69) is 22.1 Å². The van der Waals surface area contributed by atoms with Crippen LogP contribution < -0.4 is 10.2 Å². The van der Waals surface area contributed by atoms with Crippen molar-refractivity contribution in [3.05, 3.63) is 27.9 Å². The van der Waals surface area contributed by atoms with Crippen molar-refractivity contribution in [2.45, 2.75) is 19.9 Å². The molecule has 0 aliphatic carbocycles. The fraction of sp³-hybridized carbons (Fsp3) is 0.545. The zero-order chi connectivity index (χ0) is 12.4. The number of hydrogen-bond donors (Lipinski definition) is 1. The largest absolute Gasteiger partial charge is 0.354 e. The smallest absolute Gasteiger partial charge is 0.287 e. The van der Waals surface area contributed by atoms with E-state index in [1.807, 2.05) is 6.92 Å². The summed E-state index contributed by atoms with van der Waals surface area (Å²) < 4.78 is 0. The number of nitro groups is 1. The zero-order valence-electron chi connectivity index (χ0n) is 10.0. The molecule has 0 aromatic carbocycles. The molecule has 2 heterocycles. The Hall–Kier alpha value is -1.69. The van der Waals surface area contributed by atoms with Crippen LogP contribution in [-0.2, 0) is 0 Å². The molecular weight excluding hydrogens is 220 g/mol. The highest BCUT2D eigenvalue weighted by molar-refractivity contribution is 5.50. The summed E-state index contributed by atoms with van der Waals surface area (Å²) in [6.07, 6.45) is 1.33. The average molecular weight is 236 g/mol. The minimum absolute atomic E-state index is 0.0504. The monoisotopic (exact) mass is 236 g/mol. The van der Waals surface area contributed by atoms with Gasteiger partial charge in [0.1, 0.15) is 12.0 Å². The molecule has 92 valence electrons. The maximum atomic E-state index is 10.6. The second-order valence-electron chi connectivity index (χ2n) is 4.39. The highest BCUT2D eigenvalue weighted by atomic mass is 16.6. The number of pyridine rings is 1. The van der Waals surface area contributed by atoms with E-state index < -0.39 is 4.92 Å². The number of hydrogen-bond acceptors (Lipinski definition) is 5. The molecule has 1 fully saturated rings. The van der Waals surface area contributed by atoms with Crippen LogP contribution in [0.2, 0.25) is 0 Å². The molecule has 1 aliphatic rings. The second kappa shape index (κ2) is 4.67. The maximum Gasteiger partial charge on any atom is 0.287 e. The second-order valence-corrected chi connectivity index (χ2v) is 4.39. The van der Waals surface area contributed by atoms with Gasteiger partial charge in [-0.25, -0.2) is 4.98 Å². The van der Waals surface area contributed by atoms with E-state index in [9.17, 15) is 10.1 Å². The topological polar surface area (TPSA) is 71.3 Å². The molecule has 1 N–H and O–H groups in total. The highest BCUT2D eigenvalue weighted by Crippen LogP contribution is 2.22. The van der Waals surface area contributed by atoms with E-state index in [1.54, 1.807) is 6.07 Å². The van der Waals surface area contributed by atoms with E-state index in [1.165, 1.54) is 6.20 Å². The third kappa shape index (κ3) is 2.52. The Morgan fingerprint density at radius 3 is 3.00 bits per heavy atom.